The number of aromatic amines is 1. The van der Waals surface area contributed by atoms with Crippen molar-refractivity contribution >= 4 is 41.6 Å². The van der Waals surface area contributed by atoms with Gasteiger partial charge in [0.15, 0.2) is 17.3 Å². The first-order chi connectivity index (χ1) is 11.5. The topological polar surface area (TPSA) is 86.4 Å². The number of aromatic hydroxyl groups is 2. The average molecular weight is 381 g/mol. The van der Waals surface area contributed by atoms with E-state index < -0.39 is 0 Å². The molecule has 3 N–H and O–H groups in total. The van der Waals surface area contributed by atoms with Gasteiger partial charge in [0, 0.05) is 5.56 Å². The lowest BCUT2D eigenvalue weighted by atomic mass is 10.2. The first-order valence-corrected chi connectivity index (χ1v) is 7.82. The van der Waals surface area contributed by atoms with E-state index in [1.165, 1.54) is 23.0 Å². The summed E-state index contributed by atoms with van der Waals surface area (Å²) < 4.78 is 1.67. The Kier molecular flexibility index (Phi) is 4.57. The van der Waals surface area contributed by atoms with Crippen LogP contribution >= 0.6 is 35.4 Å². The highest BCUT2D eigenvalue weighted by Gasteiger charge is 2.11. The third-order valence-electron chi connectivity index (χ3n) is 3.15. The molecule has 0 atom stereocenters. The molecule has 0 spiro atoms. The maximum absolute atomic E-state index is 9.60. The number of benzene rings is 2. The summed E-state index contributed by atoms with van der Waals surface area (Å²) in [5, 5.41) is 30.6. The standard InChI is InChI=1S/C15H10Cl2N4O2S/c16-10-4-2-1-3-9(10)14-19-20-15(24)21(14)18-7-8-5-11(17)13(23)12(22)6-8/h1-7,22-23H,(H,20,24)/b18-7+. The van der Waals surface area contributed by atoms with Gasteiger partial charge in [-0.3, -0.25) is 0 Å². The van der Waals surface area contributed by atoms with Crippen molar-refractivity contribution in [2.75, 3.05) is 0 Å². The number of nitrogens with one attached hydrogen (secondary N) is 1. The fourth-order valence-electron chi connectivity index (χ4n) is 2.02. The minimum absolute atomic E-state index is 0.0126. The van der Waals surface area contributed by atoms with Crippen LogP contribution in [0.3, 0.4) is 0 Å². The van der Waals surface area contributed by atoms with Gasteiger partial charge in [0.1, 0.15) is 0 Å². The quantitative estimate of drug-likeness (QED) is 0.360. The molecule has 0 aliphatic carbocycles. The molecular formula is C15H10Cl2N4O2S. The van der Waals surface area contributed by atoms with Crippen LogP contribution in [0.15, 0.2) is 41.5 Å². The van der Waals surface area contributed by atoms with E-state index in [0.29, 0.717) is 22.0 Å². The molecule has 3 aromatic rings. The van der Waals surface area contributed by atoms with Gasteiger partial charge in [-0.15, -0.1) is 0 Å². The molecule has 0 aliphatic rings. The van der Waals surface area contributed by atoms with Gasteiger partial charge in [0.05, 0.1) is 16.3 Å². The van der Waals surface area contributed by atoms with E-state index in [2.05, 4.69) is 15.3 Å². The maximum atomic E-state index is 9.60. The largest absolute Gasteiger partial charge is 0.504 e. The van der Waals surface area contributed by atoms with Crippen LogP contribution in [0.5, 0.6) is 11.5 Å². The number of aromatic nitrogens is 3. The highest BCUT2D eigenvalue weighted by atomic mass is 35.5. The van der Waals surface area contributed by atoms with Crippen molar-refractivity contribution in [3.8, 4) is 22.9 Å². The molecule has 24 heavy (non-hydrogen) atoms. The van der Waals surface area contributed by atoms with Crippen molar-refractivity contribution < 1.29 is 10.2 Å². The summed E-state index contributed by atoms with van der Waals surface area (Å²) in [5.74, 6) is -0.285. The van der Waals surface area contributed by atoms with Gasteiger partial charge in [-0.25, -0.2) is 5.10 Å². The Balaban J connectivity index is 2.04. The number of hydrogen-bond acceptors (Lipinski definition) is 5. The molecule has 0 saturated carbocycles. The second kappa shape index (κ2) is 6.64. The Bertz CT molecular complexity index is 974. The van der Waals surface area contributed by atoms with Gasteiger partial charge in [-0.2, -0.15) is 14.9 Å². The third kappa shape index (κ3) is 3.14. The van der Waals surface area contributed by atoms with Gasteiger partial charge >= 0.3 is 0 Å². The van der Waals surface area contributed by atoms with Crippen LogP contribution < -0.4 is 0 Å². The van der Waals surface area contributed by atoms with Crippen LogP contribution in [-0.2, 0) is 0 Å². The van der Waals surface area contributed by atoms with Crippen LogP contribution in [0.4, 0.5) is 0 Å². The van der Waals surface area contributed by atoms with Gasteiger partial charge in [0.25, 0.3) is 0 Å². The number of phenolic OH excluding ortho intramolecular Hbond substituents is 2. The van der Waals surface area contributed by atoms with Crippen LogP contribution in [0.1, 0.15) is 5.56 Å². The summed E-state index contributed by atoms with van der Waals surface area (Å²) in [6.45, 7) is 0. The number of phenols is 2. The Hall–Kier alpha value is -2.35. The van der Waals surface area contributed by atoms with Crippen LogP contribution in [-0.4, -0.2) is 31.3 Å². The molecular weight excluding hydrogens is 371 g/mol. The summed E-state index contributed by atoms with van der Waals surface area (Å²) in [5.41, 5.74) is 1.14. The van der Waals surface area contributed by atoms with E-state index in [1.54, 1.807) is 12.1 Å². The van der Waals surface area contributed by atoms with Gasteiger partial charge in [-0.05, 0) is 42.0 Å². The normalized spacial score (nSPS) is 11.2. The van der Waals surface area contributed by atoms with Crippen molar-refractivity contribution in [1.82, 2.24) is 14.9 Å². The van der Waals surface area contributed by atoms with Crippen LogP contribution in [0, 0.1) is 4.77 Å². The predicted molar refractivity (Wildman–Crippen MR) is 95.6 cm³/mol. The maximum Gasteiger partial charge on any atom is 0.216 e. The van der Waals surface area contributed by atoms with Gasteiger partial charge in [-0.1, -0.05) is 35.3 Å². The first kappa shape index (κ1) is 16.5. The molecule has 0 bridgehead atoms. The monoisotopic (exact) mass is 380 g/mol. The minimum Gasteiger partial charge on any atom is -0.504 e. The van der Waals surface area contributed by atoms with Crippen molar-refractivity contribution in [2.24, 2.45) is 5.10 Å². The van der Waals surface area contributed by atoms with Crippen LogP contribution in [0.2, 0.25) is 10.0 Å². The summed E-state index contributed by atoms with van der Waals surface area (Å²) in [6, 6.07) is 9.94. The molecule has 0 unspecified atom stereocenters. The minimum atomic E-state index is -0.384. The average Bonchev–Trinajstić information content (AvgIpc) is 2.91. The van der Waals surface area contributed by atoms with Crippen molar-refractivity contribution in [3.63, 3.8) is 0 Å². The smallest absolute Gasteiger partial charge is 0.216 e. The molecule has 6 nitrogen and oxygen atoms in total. The highest BCUT2D eigenvalue weighted by molar-refractivity contribution is 7.71. The summed E-state index contributed by atoms with van der Waals surface area (Å²) >= 11 is 17.2. The second-order valence-corrected chi connectivity index (χ2v) is 5.96. The Morgan fingerprint density at radius 1 is 1.17 bits per heavy atom. The Morgan fingerprint density at radius 3 is 2.62 bits per heavy atom. The second-order valence-electron chi connectivity index (χ2n) is 4.76. The van der Waals surface area contributed by atoms with E-state index >= 15 is 0 Å². The number of rotatable bonds is 3. The Morgan fingerprint density at radius 2 is 1.92 bits per heavy atom. The van der Waals surface area contributed by atoms with Gasteiger partial charge in [0.2, 0.25) is 4.77 Å². The fraction of sp³-hybridized carbons (Fsp3) is 0. The summed E-state index contributed by atoms with van der Waals surface area (Å²) in [4.78, 5) is 0. The lowest BCUT2D eigenvalue weighted by molar-refractivity contribution is 0.404. The molecule has 0 amide bonds. The number of hydrogen-bond donors (Lipinski definition) is 3. The first-order valence-electron chi connectivity index (χ1n) is 6.65. The number of halogens is 2. The van der Waals surface area contributed by atoms with Crippen LogP contribution in [0.25, 0.3) is 11.4 Å². The third-order valence-corrected chi connectivity index (χ3v) is 4.04. The molecule has 0 fully saturated rings. The molecule has 0 radical (unpaired) electrons. The summed E-state index contributed by atoms with van der Waals surface area (Å²) in [7, 11) is 0. The highest BCUT2D eigenvalue weighted by Crippen LogP contribution is 2.33. The number of H-pyrrole nitrogens is 1. The SMILES string of the molecule is Oc1cc(/C=N/n2c(-c3ccccc3Cl)n[nH]c2=S)cc(Cl)c1O. The van der Waals surface area contributed by atoms with E-state index in [1.807, 2.05) is 12.1 Å². The molecule has 9 heteroatoms. The van der Waals surface area contributed by atoms with E-state index in [4.69, 9.17) is 35.4 Å². The molecule has 0 aliphatic heterocycles. The van der Waals surface area contributed by atoms with E-state index in [-0.39, 0.29) is 21.3 Å². The van der Waals surface area contributed by atoms with Crippen molar-refractivity contribution in [2.45, 2.75) is 0 Å². The zero-order valence-corrected chi connectivity index (χ0v) is 14.3. The molecule has 1 aromatic heterocycles. The lowest BCUT2D eigenvalue weighted by Gasteiger charge is -2.04. The fourth-order valence-corrected chi connectivity index (χ4v) is 2.64. The Labute approximate surface area is 151 Å². The molecule has 2 aromatic carbocycles. The van der Waals surface area contributed by atoms with Crippen molar-refractivity contribution in [1.29, 1.82) is 0 Å². The zero-order chi connectivity index (χ0) is 17.3. The zero-order valence-electron chi connectivity index (χ0n) is 11.9. The van der Waals surface area contributed by atoms with E-state index in [0.717, 1.165) is 0 Å². The molecule has 122 valence electrons. The number of nitrogens with zero attached hydrogens (tertiary/aromatic N) is 3. The molecule has 1 heterocycles. The predicted octanol–water partition coefficient (Wildman–Crippen LogP) is 4.21. The molecule has 0 saturated heterocycles. The summed E-state index contributed by atoms with van der Waals surface area (Å²) in [6.07, 6.45) is 1.43. The lowest BCUT2D eigenvalue weighted by Crippen LogP contribution is -1.95. The van der Waals surface area contributed by atoms with Gasteiger partial charge < -0.3 is 10.2 Å². The van der Waals surface area contributed by atoms with Crippen molar-refractivity contribution in [3.05, 3.63) is 56.8 Å². The molecule has 3 rings (SSSR count). The van der Waals surface area contributed by atoms with E-state index in [9.17, 15) is 10.2 Å².